The highest BCUT2D eigenvalue weighted by molar-refractivity contribution is 7.92. The van der Waals surface area contributed by atoms with Gasteiger partial charge in [0.15, 0.2) is 15.7 Å². The van der Waals surface area contributed by atoms with Crippen LogP contribution in [-0.2, 0) is 45.0 Å². The number of anilines is 4. The number of nitrogens with one attached hydrogen (secondary N) is 4. The molecule has 5 N–H and O–H groups in total. The zero-order valence-corrected chi connectivity index (χ0v) is 48.1. The van der Waals surface area contributed by atoms with Crippen molar-refractivity contribution in [2.75, 3.05) is 56.7 Å². The summed E-state index contributed by atoms with van der Waals surface area (Å²) in [6.07, 6.45) is 1.88. The van der Waals surface area contributed by atoms with Crippen LogP contribution in [0.3, 0.4) is 0 Å². The lowest BCUT2D eigenvalue weighted by Gasteiger charge is -2.35. The zero-order chi connectivity index (χ0) is 56.5. The van der Waals surface area contributed by atoms with Crippen molar-refractivity contribution in [3.63, 3.8) is 0 Å². The number of rotatable bonds is 22. The van der Waals surface area contributed by atoms with E-state index in [1.165, 1.54) is 11.1 Å². The Morgan fingerprint density at radius 3 is 2.26 bits per heavy atom. The average Bonchev–Trinajstić information content (AvgIpc) is 4.02. The fourth-order valence-corrected chi connectivity index (χ4v) is 11.5. The second-order valence-corrected chi connectivity index (χ2v) is 25.0. The standard InChI is InChI=1S/C56H72ClN9O10S2/c1-33(2)76-46-26-41(35(5)24-44(46)62-55-59-28-42(57)52(64-55)61-43-12-10-11-13-47(43)78(72,73)34(3)4)38-18-20-65(21-19-38)49(69)31-75-23-22-74-30-48(68)63-51(56(7,8)9)54(71)66-29-40(67)25-45(66)53(70)58-27-37-14-16-39(17-15-37)50-36(6)60-32-77-50/h10-17,24,26,28,32-34,38,40,45,51,67H,18-23,25,27,29-31H2,1-9H3,(H,58,70)(H,63,68)(H2,59,61,62,64)/t40-,45-,51?/m0/s1. The molecule has 2 saturated heterocycles. The number of aryl methyl sites for hydroxylation is 2. The number of halogens is 1. The maximum Gasteiger partial charge on any atom is 0.248 e. The fraction of sp³-hybridized carbons (Fsp3) is 0.482. The van der Waals surface area contributed by atoms with E-state index in [9.17, 15) is 32.7 Å². The minimum absolute atomic E-state index is 0.0254. The average molecular weight is 1130 g/mol. The molecule has 2 fully saturated rings. The lowest BCUT2D eigenvalue weighted by molar-refractivity contribution is -0.144. The van der Waals surface area contributed by atoms with Crippen LogP contribution in [0.1, 0.15) is 96.0 Å². The molecule has 3 aromatic carbocycles. The van der Waals surface area contributed by atoms with Crippen molar-refractivity contribution in [3.05, 3.63) is 99.8 Å². The SMILES string of the molecule is Cc1cc(Nc2ncc(Cl)c(Nc3ccccc3S(=O)(=O)C(C)C)n2)c(OC(C)C)cc1C1CCN(C(=O)COCCOCC(=O)NC(C(=O)N2C[C@@H](O)C[C@H]2C(=O)NCc2ccc(-c3scnc3C)cc2)C(C)(C)C)CC1. The van der Waals surface area contributed by atoms with Crippen LogP contribution in [0, 0.1) is 19.3 Å². The number of likely N-dealkylation sites (tertiary alicyclic amines) is 2. The Kier molecular flexibility index (Phi) is 19.9. The third kappa shape index (κ3) is 15.1. The molecule has 0 spiro atoms. The first-order valence-corrected chi connectivity index (χ1v) is 29.0. The van der Waals surface area contributed by atoms with Crippen molar-refractivity contribution >= 4 is 79.5 Å². The van der Waals surface area contributed by atoms with Crippen molar-refractivity contribution in [1.29, 1.82) is 0 Å². The second kappa shape index (κ2) is 26.2. The number of carbonyl (C=O) groups is 4. The molecule has 2 aliphatic heterocycles. The van der Waals surface area contributed by atoms with Gasteiger partial charge in [-0.25, -0.2) is 18.4 Å². The minimum Gasteiger partial charge on any atom is -0.489 e. The summed E-state index contributed by atoms with van der Waals surface area (Å²) in [5.74, 6) is -0.391. The van der Waals surface area contributed by atoms with Gasteiger partial charge in [0.1, 0.15) is 36.1 Å². The number of piperidine rings is 1. The zero-order valence-electron chi connectivity index (χ0n) is 45.7. The van der Waals surface area contributed by atoms with Gasteiger partial charge in [-0.2, -0.15) is 4.98 Å². The number of β-amino-alcohol motifs (C(OH)–C–C–N with tert-alkyl or cyclic N) is 1. The smallest absolute Gasteiger partial charge is 0.248 e. The molecule has 19 nitrogen and oxygen atoms in total. The number of thiazole rings is 1. The molecular weight excluding hydrogens is 1060 g/mol. The van der Waals surface area contributed by atoms with E-state index in [-0.39, 0.29) is 85.6 Å². The molecule has 3 atom stereocenters. The van der Waals surface area contributed by atoms with Crippen LogP contribution in [0.2, 0.25) is 5.02 Å². The van der Waals surface area contributed by atoms with Gasteiger partial charge in [0, 0.05) is 32.6 Å². The van der Waals surface area contributed by atoms with Crippen molar-refractivity contribution in [2.45, 2.75) is 128 Å². The van der Waals surface area contributed by atoms with Crippen LogP contribution >= 0.6 is 22.9 Å². The third-order valence-electron chi connectivity index (χ3n) is 13.6. The first-order chi connectivity index (χ1) is 37.0. The Balaban J connectivity index is 0.853. The topological polar surface area (TPSA) is 244 Å². The van der Waals surface area contributed by atoms with Crippen LogP contribution in [0.15, 0.2) is 77.3 Å². The van der Waals surface area contributed by atoms with E-state index < -0.39 is 56.4 Å². The van der Waals surface area contributed by atoms with Gasteiger partial charge in [0.2, 0.25) is 29.6 Å². The molecule has 1 unspecified atom stereocenters. The fourth-order valence-electron chi connectivity index (χ4n) is 9.38. The van der Waals surface area contributed by atoms with Gasteiger partial charge in [-0.15, -0.1) is 11.3 Å². The predicted octanol–water partition coefficient (Wildman–Crippen LogP) is 7.88. The lowest BCUT2D eigenvalue weighted by atomic mass is 9.85. The number of aliphatic hydroxyl groups is 1. The number of hydrogen-bond donors (Lipinski definition) is 5. The molecule has 7 rings (SSSR count). The molecule has 0 radical (unpaired) electrons. The number of nitrogens with zero attached hydrogens (tertiary/aromatic N) is 5. The summed E-state index contributed by atoms with van der Waals surface area (Å²) in [5, 5.41) is 22.3. The van der Waals surface area contributed by atoms with Gasteiger partial charge in [-0.1, -0.05) is 68.8 Å². The van der Waals surface area contributed by atoms with E-state index in [4.69, 9.17) is 25.8 Å². The first kappa shape index (κ1) is 59.4. The summed E-state index contributed by atoms with van der Waals surface area (Å²) in [6.45, 7) is 17.3. The summed E-state index contributed by atoms with van der Waals surface area (Å²) in [5.41, 5.74) is 6.99. The number of benzene rings is 3. The molecule has 22 heteroatoms. The molecule has 2 aliphatic rings. The quantitative estimate of drug-likeness (QED) is 0.0414. The predicted molar refractivity (Wildman–Crippen MR) is 301 cm³/mol. The molecule has 0 bridgehead atoms. The number of aliphatic hydroxyl groups excluding tert-OH is 1. The summed E-state index contributed by atoms with van der Waals surface area (Å²) in [7, 11) is -3.61. The Labute approximate surface area is 466 Å². The summed E-state index contributed by atoms with van der Waals surface area (Å²) >= 11 is 8.08. The highest BCUT2D eigenvalue weighted by atomic mass is 35.5. The lowest BCUT2D eigenvalue weighted by Crippen LogP contribution is -2.58. The minimum atomic E-state index is -3.61. The Morgan fingerprint density at radius 2 is 1.60 bits per heavy atom. The number of carbonyl (C=O) groups excluding carboxylic acids is 4. The number of sulfone groups is 1. The number of para-hydroxylation sites is 1. The van der Waals surface area contributed by atoms with Crippen LogP contribution in [-0.4, -0.2) is 138 Å². The van der Waals surface area contributed by atoms with Crippen molar-refractivity contribution in [2.24, 2.45) is 5.41 Å². The molecule has 5 aromatic rings. The number of aromatic nitrogens is 3. The Hall–Kier alpha value is -6.23. The van der Waals surface area contributed by atoms with Crippen LogP contribution in [0.4, 0.5) is 23.1 Å². The van der Waals surface area contributed by atoms with Gasteiger partial charge in [0.05, 0.1) is 69.2 Å². The Bertz CT molecular complexity index is 3030. The molecule has 420 valence electrons. The highest BCUT2D eigenvalue weighted by Gasteiger charge is 2.44. The van der Waals surface area contributed by atoms with E-state index in [0.717, 1.165) is 45.7 Å². The van der Waals surface area contributed by atoms with Crippen molar-refractivity contribution < 1.29 is 46.9 Å². The summed E-state index contributed by atoms with van der Waals surface area (Å²) in [6, 6.07) is 16.5. The van der Waals surface area contributed by atoms with Gasteiger partial charge in [-0.3, -0.25) is 19.2 Å². The summed E-state index contributed by atoms with van der Waals surface area (Å²) < 4.78 is 43.8. The number of ether oxygens (including phenoxy) is 3. The van der Waals surface area contributed by atoms with Crippen molar-refractivity contribution in [3.8, 4) is 16.2 Å². The molecule has 2 aromatic heterocycles. The van der Waals surface area contributed by atoms with Gasteiger partial charge < -0.3 is 50.4 Å². The molecular formula is C56H72ClN9O10S2. The van der Waals surface area contributed by atoms with E-state index in [1.807, 2.05) is 84.9 Å². The highest BCUT2D eigenvalue weighted by Crippen LogP contribution is 2.39. The van der Waals surface area contributed by atoms with E-state index in [0.29, 0.717) is 30.2 Å². The number of hydrogen-bond acceptors (Lipinski definition) is 16. The maximum absolute atomic E-state index is 14.1. The maximum atomic E-state index is 14.1. The number of amides is 4. The van der Waals surface area contributed by atoms with Crippen molar-refractivity contribution in [1.82, 2.24) is 35.4 Å². The third-order valence-corrected chi connectivity index (χ3v) is 17.1. The molecule has 4 amide bonds. The molecule has 0 aliphatic carbocycles. The molecule has 78 heavy (non-hydrogen) atoms. The van der Waals surface area contributed by atoms with Crippen LogP contribution in [0.5, 0.6) is 5.75 Å². The first-order valence-electron chi connectivity index (χ1n) is 26.2. The van der Waals surface area contributed by atoms with E-state index in [1.54, 1.807) is 59.9 Å². The van der Waals surface area contributed by atoms with Gasteiger partial charge >= 0.3 is 0 Å². The van der Waals surface area contributed by atoms with Gasteiger partial charge in [-0.05, 0) is 112 Å². The monoisotopic (exact) mass is 1130 g/mol. The summed E-state index contributed by atoms with van der Waals surface area (Å²) in [4.78, 5) is 71.6. The Morgan fingerprint density at radius 1 is 0.910 bits per heavy atom. The second-order valence-electron chi connectivity index (χ2n) is 21.3. The van der Waals surface area contributed by atoms with Crippen LogP contribution < -0.4 is 26.0 Å². The van der Waals surface area contributed by atoms with E-state index in [2.05, 4.69) is 36.2 Å². The normalized spacial score (nSPS) is 16.6. The van der Waals surface area contributed by atoms with Crippen LogP contribution in [0.25, 0.3) is 10.4 Å². The molecule has 4 heterocycles. The van der Waals surface area contributed by atoms with Gasteiger partial charge in [0.25, 0.3) is 0 Å². The largest absolute Gasteiger partial charge is 0.489 e. The molecule has 0 saturated carbocycles. The van der Waals surface area contributed by atoms with E-state index >= 15 is 0 Å².